The van der Waals surface area contributed by atoms with Gasteiger partial charge in [0, 0.05) is 6.54 Å². The fraction of sp³-hybridized carbons (Fsp3) is 0.438. The molecule has 2 heteroatoms. The van der Waals surface area contributed by atoms with E-state index >= 15 is 0 Å². The Hall–Kier alpha value is -1.75. The van der Waals surface area contributed by atoms with Crippen LogP contribution in [0.25, 0.3) is 0 Å². The molecule has 0 bridgehead atoms. The van der Waals surface area contributed by atoms with Gasteiger partial charge in [-0.25, -0.2) is 0 Å². The lowest BCUT2D eigenvalue weighted by molar-refractivity contribution is 0.312. The highest BCUT2D eigenvalue weighted by molar-refractivity contribution is 5.53. The van der Waals surface area contributed by atoms with E-state index in [1.54, 1.807) is 0 Å². The number of hydrogen-bond donors (Lipinski definition) is 1. The molecule has 1 fully saturated rings. The summed E-state index contributed by atoms with van der Waals surface area (Å²) in [5, 5.41) is 12.2. The van der Waals surface area contributed by atoms with Crippen LogP contribution in [0.3, 0.4) is 0 Å². The van der Waals surface area contributed by atoms with Crippen molar-refractivity contribution in [1.82, 2.24) is 5.32 Å². The molecule has 2 rings (SSSR count). The van der Waals surface area contributed by atoms with Crippen molar-refractivity contribution < 1.29 is 0 Å². The maximum absolute atomic E-state index is 8.93. The Kier molecular flexibility index (Phi) is 4.04. The highest BCUT2D eigenvalue weighted by Crippen LogP contribution is 2.31. The molecule has 1 unspecified atom stereocenters. The summed E-state index contributed by atoms with van der Waals surface area (Å²) in [5.41, 5.74) is 2.73. The van der Waals surface area contributed by atoms with Crippen LogP contribution in [-0.2, 0) is 0 Å². The minimum absolute atomic E-state index is 0.525. The van der Waals surface area contributed by atoms with Crippen LogP contribution in [-0.4, -0.2) is 6.54 Å². The van der Waals surface area contributed by atoms with E-state index in [0.29, 0.717) is 11.5 Å². The molecule has 0 saturated heterocycles. The number of nitrogens with zero attached hydrogens (tertiary/aromatic N) is 1. The van der Waals surface area contributed by atoms with E-state index in [1.165, 1.54) is 24.8 Å². The summed E-state index contributed by atoms with van der Waals surface area (Å²) in [6.45, 7) is 6.98. The standard InChI is InChI=1S/C16H20N2/c1-12-8-16(12)9-15(13(2)10-17)6-7-18-11-14-4-3-5-14/h6-9,12,14,18H,2-5,11H2,1H3/b7-6-,15-9+. The van der Waals surface area contributed by atoms with Crippen LogP contribution in [0.15, 0.2) is 47.7 Å². The van der Waals surface area contributed by atoms with Crippen molar-refractivity contribution in [2.75, 3.05) is 6.54 Å². The first-order valence-corrected chi connectivity index (χ1v) is 6.63. The van der Waals surface area contributed by atoms with Crippen LogP contribution < -0.4 is 5.32 Å². The molecule has 0 spiro atoms. The second-order valence-electron chi connectivity index (χ2n) is 5.18. The van der Waals surface area contributed by atoms with Crippen molar-refractivity contribution in [2.24, 2.45) is 11.8 Å². The molecule has 0 aliphatic heterocycles. The molecule has 1 N–H and O–H groups in total. The Bertz CT molecular complexity index is 456. The largest absolute Gasteiger partial charge is 0.391 e. The fourth-order valence-corrected chi connectivity index (χ4v) is 1.98. The second-order valence-corrected chi connectivity index (χ2v) is 5.18. The average molecular weight is 240 g/mol. The molecular weight excluding hydrogens is 220 g/mol. The topological polar surface area (TPSA) is 35.8 Å². The van der Waals surface area contributed by atoms with E-state index in [-0.39, 0.29) is 0 Å². The van der Waals surface area contributed by atoms with E-state index in [2.05, 4.69) is 37.0 Å². The van der Waals surface area contributed by atoms with Crippen molar-refractivity contribution in [1.29, 1.82) is 5.26 Å². The Morgan fingerprint density at radius 2 is 2.33 bits per heavy atom. The molecule has 0 heterocycles. The summed E-state index contributed by atoms with van der Waals surface area (Å²) < 4.78 is 0. The number of nitriles is 1. The molecule has 0 aromatic rings. The predicted molar refractivity (Wildman–Crippen MR) is 74.6 cm³/mol. The maximum atomic E-state index is 8.93. The third kappa shape index (κ3) is 3.37. The number of rotatable bonds is 6. The molecular formula is C16H20N2. The van der Waals surface area contributed by atoms with Gasteiger partial charge in [-0.05, 0) is 48.1 Å². The van der Waals surface area contributed by atoms with Crippen molar-refractivity contribution in [3.05, 3.63) is 47.7 Å². The van der Waals surface area contributed by atoms with Gasteiger partial charge in [0.1, 0.15) is 0 Å². The molecule has 2 aliphatic carbocycles. The van der Waals surface area contributed by atoms with Crippen LogP contribution in [0.4, 0.5) is 0 Å². The lowest BCUT2D eigenvalue weighted by Gasteiger charge is -2.24. The summed E-state index contributed by atoms with van der Waals surface area (Å²) in [4.78, 5) is 0. The van der Waals surface area contributed by atoms with Gasteiger partial charge in [0.15, 0.2) is 0 Å². The number of hydrogen-bond acceptors (Lipinski definition) is 2. The van der Waals surface area contributed by atoms with Gasteiger partial charge in [-0.2, -0.15) is 5.26 Å². The molecule has 94 valence electrons. The van der Waals surface area contributed by atoms with Crippen molar-refractivity contribution in [3.8, 4) is 6.07 Å². The zero-order valence-electron chi connectivity index (χ0n) is 10.9. The SMILES string of the molecule is C=C(C#N)C(/C=C\NCC1CCC1)=C/C1=CC1C. The molecule has 0 aromatic carbocycles. The van der Waals surface area contributed by atoms with Crippen LogP contribution >= 0.6 is 0 Å². The Morgan fingerprint density at radius 1 is 1.61 bits per heavy atom. The highest BCUT2D eigenvalue weighted by atomic mass is 14.8. The van der Waals surface area contributed by atoms with Gasteiger partial charge in [0.25, 0.3) is 0 Å². The molecule has 0 aromatic heterocycles. The zero-order chi connectivity index (χ0) is 13.0. The van der Waals surface area contributed by atoms with Crippen LogP contribution in [0, 0.1) is 23.2 Å². The summed E-state index contributed by atoms with van der Waals surface area (Å²) in [7, 11) is 0. The van der Waals surface area contributed by atoms with Crippen molar-refractivity contribution in [2.45, 2.75) is 26.2 Å². The summed E-state index contributed by atoms with van der Waals surface area (Å²) in [6.07, 6.45) is 12.2. The molecule has 18 heavy (non-hydrogen) atoms. The molecule has 1 saturated carbocycles. The third-order valence-electron chi connectivity index (χ3n) is 3.68. The zero-order valence-corrected chi connectivity index (χ0v) is 10.9. The average Bonchev–Trinajstić information content (AvgIpc) is 2.99. The summed E-state index contributed by atoms with van der Waals surface area (Å²) >= 11 is 0. The van der Waals surface area contributed by atoms with Crippen molar-refractivity contribution in [3.63, 3.8) is 0 Å². The van der Waals surface area contributed by atoms with Gasteiger partial charge in [-0.1, -0.05) is 32.1 Å². The van der Waals surface area contributed by atoms with E-state index in [1.807, 2.05) is 12.3 Å². The number of allylic oxidation sites excluding steroid dienone is 6. The predicted octanol–water partition coefficient (Wildman–Crippen LogP) is 3.47. The van der Waals surface area contributed by atoms with Crippen LogP contribution in [0.5, 0.6) is 0 Å². The first-order chi connectivity index (χ1) is 8.70. The number of nitrogens with one attached hydrogen (secondary N) is 1. The Labute approximate surface area is 109 Å². The van der Waals surface area contributed by atoms with Gasteiger partial charge >= 0.3 is 0 Å². The van der Waals surface area contributed by atoms with E-state index in [4.69, 9.17) is 5.26 Å². The summed E-state index contributed by atoms with van der Waals surface area (Å²) in [6, 6.07) is 2.12. The van der Waals surface area contributed by atoms with Gasteiger partial charge in [0.2, 0.25) is 0 Å². The van der Waals surface area contributed by atoms with Crippen molar-refractivity contribution >= 4 is 0 Å². The normalized spacial score (nSPS) is 23.2. The highest BCUT2D eigenvalue weighted by Gasteiger charge is 2.17. The Balaban J connectivity index is 1.86. The third-order valence-corrected chi connectivity index (χ3v) is 3.68. The van der Waals surface area contributed by atoms with Gasteiger partial charge in [-0.15, -0.1) is 0 Å². The smallest absolute Gasteiger partial charge is 0.0991 e. The molecule has 0 radical (unpaired) electrons. The minimum atomic E-state index is 0.525. The first-order valence-electron chi connectivity index (χ1n) is 6.63. The van der Waals surface area contributed by atoms with E-state index < -0.39 is 0 Å². The molecule has 2 nitrogen and oxygen atoms in total. The van der Waals surface area contributed by atoms with Gasteiger partial charge < -0.3 is 5.32 Å². The Morgan fingerprint density at radius 3 is 2.83 bits per heavy atom. The molecule has 0 amide bonds. The molecule has 2 aliphatic rings. The van der Waals surface area contributed by atoms with E-state index in [0.717, 1.165) is 18.0 Å². The lowest BCUT2D eigenvalue weighted by Crippen LogP contribution is -2.23. The minimum Gasteiger partial charge on any atom is -0.391 e. The van der Waals surface area contributed by atoms with Gasteiger partial charge in [0.05, 0.1) is 11.6 Å². The fourth-order valence-electron chi connectivity index (χ4n) is 1.98. The maximum Gasteiger partial charge on any atom is 0.0991 e. The lowest BCUT2D eigenvalue weighted by atomic mass is 9.85. The van der Waals surface area contributed by atoms with E-state index in [9.17, 15) is 0 Å². The van der Waals surface area contributed by atoms with Gasteiger partial charge in [-0.3, -0.25) is 0 Å². The summed E-state index contributed by atoms with van der Waals surface area (Å²) in [5.74, 6) is 1.40. The second kappa shape index (κ2) is 5.73. The molecule has 1 atom stereocenters. The first kappa shape index (κ1) is 12.7. The quantitative estimate of drug-likeness (QED) is 0.570. The van der Waals surface area contributed by atoms with Crippen LogP contribution in [0.1, 0.15) is 26.2 Å². The monoisotopic (exact) mass is 240 g/mol. The van der Waals surface area contributed by atoms with Crippen LogP contribution in [0.2, 0.25) is 0 Å².